The minimum absolute atomic E-state index is 0.200. The van der Waals surface area contributed by atoms with Crippen molar-refractivity contribution in [2.24, 2.45) is 5.92 Å². The molecule has 1 aromatic heterocycles. The minimum atomic E-state index is -0.350. The Hall–Kier alpha value is -3.09. The zero-order valence-electron chi connectivity index (χ0n) is 15.3. The highest BCUT2D eigenvalue weighted by atomic mass is 16.5. The second kappa shape index (κ2) is 8.84. The van der Waals surface area contributed by atoms with Gasteiger partial charge in [0.15, 0.2) is 11.5 Å². The second-order valence-corrected chi connectivity index (χ2v) is 6.06. The van der Waals surface area contributed by atoms with Crippen molar-refractivity contribution in [3.63, 3.8) is 0 Å². The number of rotatable bonds is 7. The Morgan fingerprint density at radius 3 is 2.42 bits per heavy atom. The first-order valence-electron chi connectivity index (χ1n) is 8.22. The highest BCUT2D eigenvalue weighted by Crippen LogP contribution is 2.29. The molecule has 26 heavy (non-hydrogen) atoms. The average Bonchev–Trinajstić information content (AvgIpc) is 2.65. The van der Waals surface area contributed by atoms with E-state index in [4.69, 9.17) is 9.47 Å². The molecule has 0 unspecified atom stereocenters. The quantitative estimate of drug-likeness (QED) is 0.795. The fraction of sp³-hybridized carbons (Fsp3) is 0.316. The molecule has 0 saturated heterocycles. The van der Waals surface area contributed by atoms with Crippen LogP contribution in [-0.2, 0) is 0 Å². The van der Waals surface area contributed by atoms with Crippen LogP contribution < -0.4 is 20.1 Å². The van der Waals surface area contributed by atoms with Crippen LogP contribution in [0.5, 0.6) is 11.5 Å². The maximum atomic E-state index is 12.5. The highest BCUT2D eigenvalue weighted by molar-refractivity contribution is 6.05. The third kappa shape index (κ3) is 4.95. The first-order chi connectivity index (χ1) is 12.4. The van der Waals surface area contributed by atoms with Gasteiger partial charge in [-0.1, -0.05) is 13.8 Å². The summed E-state index contributed by atoms with van der Waals surface area (Å²) < 4.78 is 10.4. The van der Waals surface area contributed by atoms with E-state index in [9.17, 15) is 9.59 Å². The first-order valence-corrected chi connectivity index (χ1v) is 8.22. The number of nitrogens with zero attached hydrogens (tertiary/aromatic N) is 1. The maximum absolute atomic E-state index is 12.5. The van der Waals surface area contributed by atoms with E-state index >= 15 is 0 Å². The zero-order chi connectivity index (χ0) is 19.1. The Morgan fingerprint density at radius 2 is 1.77 bits per heavy atom. The molecule has 138 valence electrons. The molecular formula is C19H23N3O4. The molecule has 0 aliphatic rings. The second-order valence-electron chi connectivity index (χ2n) is 6.06. The third-order valence-corrected chi connectivity index (χ3v) is 3.57. The molecule has 7 nitrogen and oxygen atoms in total. The van der Waals surface area contributed by atoms with Gasteiger partial charge in [-0.25, -0.2) is 0 Å². The number of carbonyl (C=O) groups is 2. The number of hydrogen-bond donors (Lipinski definition) is 2. The van der Waals surface area contributed by atoms with E-state index in [-0.39, 0.29) is 17.5 Å². The largest absolute Gasteiger partial charge is 0.493 e. The molecule has 0 fully saturated rings. The summed E-state index contributed by atoms with van der Waals surface area (Å²) in [7, 11) is 3.06. The number of anilines is 1. The highest BCUT2D eigenvalue weighted by Gasteiger charge is 2.13. The van der Waals surface area contributed by atoms with Crippen molar-refractivity contribution in [1.82, 2.24) is 10.3 Å². The number of benzene rings is 1. The molecule has 7 heteroatoms. The molecule has 0 radical (unpaired) electrons. The molecule has 1 heterocycles. The van der Waals surface area contributed by atoms with E-state index in [0.29, 0.717) is 35.2 Å². The lowest BCUT2D eigenvalue weighted by Gasteiger charge is -2.11. The first kappa shape index (κ1) is 19.2. The van der Waals surface area contributed by atoms with Crippen molar-refractivity contribution >= 4 is 17.5 Å². The normalized spacial score (nSPS) is 10.3. The van der Waals surface area contributed by atoms with E-state index in [1.54, 1.807) is 31.4 Å². The summed E-state index contributed by atoms with van der Waals surface area (Å²) in [6.45, 7) is 4.55. The molecule has 2 rings (SSSR count). The lowest BCUT2D eigenvalue weighted by atomic mass is 10.2. The number of methoxy groups -OCH3 is 2. The number of amides is 2. The molecule has 0 spiro atoms. The predicted molar refractivity (Wildman–Crippen MR) is 98.9 cm³/mol. The number of aromatic nitrogens is 1. The molecule has 0 aliphatic heterocycles. The van der Waals surface area contributed by atoms with Gasteiger partial charge in [-0.2, -0.15) is 0 Å². The van der Waals surface area contributed by atoms with Gasteiger partial charge < -0.3 is 20.1 Å². The molecule has 0 saturated carbocycles. The van der Waals surface area contributed by atoms with Gasteiger partial charge in [0.05, 0.1) is 14.2 Å². The molecular weight excluding hydrogens is 334 g/mol. The molecule has 0 atom stereocenters. The van der Waals surface area contributed by atoms with Gasteiger partial charge in [-0.05, 0) is 30.2 Å². The van der Waals surface area contributed by atoms with Gasteiger partial charge in [0, 0.05) is 30.1 Å². The van der Waals surface area contributed by atoms with Crippen molar-refractivity contribution in [3.05, 3.63) is 47.8 Å². The topological polar surface area (TPSA) is 89.5 Å². The maximum Gasteiger partial charge on any atom is 0.269 e. The van der Waals surface area contributed by atoms with Gasteiger partial charge >= 0.3 is 0 Å². The average molecular weight is 357 g/mol. The standard InChI is InChI=1S/C19H23N3O4/c1-12(2)11-21-19(24)15-9-13(7-8-20-15)18(23)22-14-5-6-16(25-3)17(10-14)26-4/h5-10,12H,11H2,1-4H3,(H,21,24)(H,22,23). The Kier molecular flexibility index (Phi) is 6.54. The fourth-order valence-electron chi connectivity index (χ4n) is 2.20. The van der Waals surface area contributed by atoms with Gasteiger partial charge in [-0.3, -0.25) is 14.6 Å². The van der Waals surface area contributed by atoms with Crippen LogP contribution in [0.4, 0.5) is 5.69 Å². The van der Waals surface area contributed by atoms with Crippen LogP contribution in [0, 0.1) is 5.92 Å². The Balaban J connectivity index is 2.12. The summed E-state index contributed by atoms with van der Waals surface area (Å²) in [4.78, 5) is 28.6. The van der Waals surface area contributed by atoms with Gasteiger partial charge in [0.2, 0.25) is 0 Å². The smallest absolute Gasteiger partial charge is 0.269 e. The number of hydrogen-bond acceptors (Lipinski definition) is 5. The van der Waals surface area contributed by atoms with Crippen LogP contribution in [0.15, 0.2) is 36.5 Å². The Morgan fingerprint density at radius 1 is 1.04 bits per heavy atom. The summed E-state index contributed by atoms with van der Waals surface area (Å²) in [5, 5.41) is 5.55. The summed E-state index contributed by atoms with van der Waals surface area (Å²) in [5.74, 6) is 0.750. The SMILES string of the molecule is COc1ccc(NC(=O)c2ccnc(C(=O)NCC(C)C)c2)cc1OC. The van der Waals surface area contributed by atoms with Crippen LogP contribution in [0.25, 0.3) is 0 Å². The third-order valence-electron chi connectivity index (χ3n) is 3.57. The molecule has 2 N–H and O–H groups in total. The molecule has 2 amide bonds. The number of carbonyl (C=O) groups excluding carboxylic acids is 2. The van der Waals surface area contributed by atoms with Crippen molar-refractivity contribution in [3.8, 4) is 11.5 Å². The van der Waals surface area contributed by atoms with E-state index in [1.807, 2.05) is 13.8 Å². The van der Waals surface area contributed by atoms with E-state index < -0.39 is 0 Å². The van der Waals surface area contributed by atoms with E-state index in [2.05, 4.69) is 15.6 Å². The number of pyridine rings is 1. The van der Waals surface area contributed by atoms with Gasteiger partial charge in [0.1, 0.15) is 5.69 Å². The lowest BCUT2D eigenvalue weighted by Crippen LogP contribution is -2.28. The molecule has 1 aromatic carbocycles. The number of nitrogens with one attached hydrogen (secondary N) is 2. The lowest BCUT2D eigenvalue weighted by molar-refractivity contribution is 0.0944. The minimum Gasteiger partial charge on any atom is -0.493 e. The van der Waals surface area contributed by atoms with Crippen LogP contribution in [0.1, 0.15) is 34.7 Å². The van der Waals surface area contributed by atoms with Gasteiger partial charge in [0.25, 0.3) is 11.8 Å². The zero-order valence-corrected chi connectivity index (χ0v) is 15.3. The Labute approximate surface area is 152 Å². The monoisotopic (exact) mass is 357 g/mol. The number of ether oxygens (including phenoxy) is 2. The molecule has 0 aliphatic carbocycles. The summed E-state index contributed by atoms with van der Waals surface area (Å²) in [6.07, 6.45) is 1.44. The fourth-order valence-corrected chi connectivity index (χ4v) is 2.20. The predicted octanol–water partition coefficient (Wildman–Crippen LogP) is 2.74. The summed E-state index contributed by atoms with van der Waals surface area (Å²) in [5.41, 5.74) is 1.09. The van der Waals surface area contributed by atoms with E-state index in [0.717, 1.165) is 0 Å². The Bertz CT molecular complexity index is 790. The van der Waals surface area contributed by atoms with E-state index in [1.165, 1.54) is 19.4 Å². The molecule has 2 aromatic rings. The summed E-state index contributed by atoms with van der Waals surface area (Å²) in [6, 6.07) is 8.08. The summed E-state index contributed by atoms with van der Waals surface area (Å²) >= 11 is 0. The van der Waals surface area contributed by atoms with Crippen LogP contribution >= 0.6 is 0 Å². The van der Waals surface area contributed by atoms with Crippen molar-refractivity contribution < 1.29 is 19.1 Å². The molecule has 0 bridgehead atoms. The van der Waals surface area contributed by atoms with Crippen LogP contribution in [-0.4, -0.2) is 37.6 Å². The van der Waals surface area contributed by atoms with Crippen LogP contribution in [0.3, 0.4) is 0 Å². The van der Waals surface area contributed by atoms with Crippen molar-refractivity contribution in [2.75, 3.05) is 26.1 Å². The van der Waals surface area contributed by atoms with Gasteiger partial charge in [-0.15, -0.1) is 0 Å². The van der Waals surface area contributed by atoms with Crippen molar-refractivity contribution in [2.45, 2.75) is 13.8 Å². The van der Waals surface area contributed by atoms with Crippen molar-refractivity contribution in [1.29, 1.82) is 0 Å². The van der Waals surface area contributed by atoms with Crippen LogP contribution in [0.2, 0.25) is 0 Å².